The predicted molar refractivity (Wildman–Crippen MR) is 102 cm³/mol. The molecule has 0 saturated heterocycles. The Morgan fingerprint density at radius 1 is 0.692 bits per heavy atom. The SMILES string of the molecule is COc1ccc(C(C=O)C/C=C/CC(C=O)c2ccc(OC)cc2)cc1. The van der Waals surface area contributed by atoms with Crippen LogP contribution in [-0.4, -0.2) is 26.8 Å². The van der Waals surface area contributed by atoms with Crippen molar-refractivity contribution >= 4 is 12.6 Å². The molecule has 0 bridgehead atoms. The van der Waals surface area contributed by atoms with Crippen molar-refractivity contribution in [3.05, 3.63) is 71.8 Å². The molecule has 2 aromatic carbocycles. The zero-order valence-corrected chi connectivity index (χ0v) is 15.1. The van der Waals surface area contributed by atoms with Crippen LogP contribution in [0.5, 0.6) is 11.5 Å². The van der Waals surface area contributed by atoms with Gasteiger partial charge in [-0.3, -0.25) is 0 Å². The molecule has 0 radical (unpaired) electrons. The van der Waals surface area contributed by atoms with Gasteiger partial charge in [0.05, 0.1) is 14.2 Å². The molecule has 0 saturated carbocycles. The highest BCUT2D eigenvalue weighted by atomic mass is 16.5. The summed E-state index contributed by atoms with van der Waals surface area (Å²) in [6.07, 6.45) is 7.03. The lowest BCUT2D eigenvalue weighted by Gasteiger charge is -2.10. The van der Waals surface area contributed by atoms with Crippen LogP contribution < -0.4 is 9.47 Å². The zero-order chi connectivity index (χ0) is 18.8. The zero-order valence-electron chi connectivity index (χ0n) is 15.1. The Bertz CT molecular complexity index is 653. The van der Waals surface area contributed by atoms with Gasteiger partial charge in [0.25, 0.3) is 0 Å². The molecule has 0 N–H and O–H groups in total. The molecule has 0 aliphatic rings. The normalized spacial score (nSPS) is 13.2. The summed E-state index contributed by atoms with van der Waals surface area (Å²) < 4.78 is 10.3. The fourth-order valence-electron chi connectivity index (χ4n) is 2.73. The van der Waals surface area contributed by atoms with E-state index in [-0.39, 0.29) is 11.8 Å². The van der Waals surface area contributed by atoms with Crippen LogP contribution in [0.25, 0.3) is 0 Å². The lowest BCUT2D eigenvalue weighted by atomic mass is 9.94. The highest BCUT2D eigenvalue weighted by Gasteiger charge is 2.10. The summed E-state index contributed by atoms with van der Waals surface area (Å²) in [4.78, 5) is 22.8. The van der Waals surface area contributed by atoms with E-state index >= 15 is 0 Å². The minimum atomic E-state index is -0.201. The van der Waals surface area contributed by atoms with Gasteiger partial charge in [-0.05, 0) is 48.2 Å². The lowest BCUT2D eigenvalue weighted by molar-refractivity contribution is -0.109. The molecule has 0 aliphatic carbocycles. The van der Waals surface area contributed by atoms with Gasteiger partial charge in [-0.15, -0.1) is 0 Å². The van der Waals surface area contributed by atoms with Crippen molar-refractivity contribution < 1.29 is 19.1 Å². The summed E-state index contributed by atoms with van der Waals surface area (Å²) in [6, 6.07) is 15.0. The number of allylic oxidation sites excluding steroid dienone is 2. The summed E-state index contributed by atoms with van der Waals surface area (Å²) in [5.41, 5.74) is 1.90. The Kier molecular flexibility index (Phi) is 7.62. The number of methoxy groups -OCH3 is 2. The largest absolute Gasteiger partial charge is 0.497 e. The third-order valence-electron chi connectivity index (χ3n) is 4.36. The summed E-state index contributed by atoms with van der Waals surface area (Å²) in [5.74, 6) is 1.13. The molecular formula is C22H24O4. The van der Waals surface area contributed by atoms with Crippen LogP contribution in [0.4, 0.5) is 0 Å². The summed E-state index contributed by atoms with van der Waals surface area (Å²) >= 11 is 0. The first-order chi connectivity index (χ1) is 12.7. The molecule has 2 rings (SSSR count). The Labute approximate surface area is 154 Å². The maximum Gasteiger partial charge on any atom is 0.127 e. The summed E-state index contributed by atoms with van der Waals surface area (Å²) in [5, 5.41) is 0. The topological polar surface area (TPSA) is 52.6 Å². The van der Waals surface area contributed by atoms with Crippen LogP contribution in [-0.2, 0) is 9.59 Å². The van der Waals surface area contributed by atoms with Crippen molar-refractivity contribution in [2.24, 2.45) is 0 Å². The van der Waals surface area contributed by atoms with E-state index in [0.717, 1.165) is 35.2 Å². The number of carbonyl (C=O) groups is 2. The van der Waals surface area contributed by atoms with E-state index in [9.17, 15) is 9.59 Å². The lowest BCUT2D eigenvalue weighted by Crippen LogP contribution is -2.00. The Balaban J connectivity index is 1.94. The fourth-order valence-corrected chi connectivity index (χ4v) is 2.73. The molecular weight excluding hydrogens is 328 g/mol. The highest BCUT2D eigenvalue weighted by Crippen LogP contribution is 2.23. The van der Waals surface area contributed by atoms with Gasteiger partial charge < -0.3 is 19.1 Å². The second kappa shape index (κ2) is 10.2. The molecule has 0 amide bonds. The van der Waals surface area contributed by atoms with Crippen molar-refractivity contribution in [1.82, 2.24) is 0 Å². The second-order valence-corrected chi connectivity index (χ2v) is 5.97. The summed E-state index contributed by atoms with van der Waals surface area (Å²) in [7, 11) is 3.22. The minimum absolute atomic E-state index is 0.201. The van der Waals surface area contributed by atoms with E-state index in [0.29, 0.717) is 12.8 Å². The van der Waals surface area contributed by atoms with Crippen molar-refractivity contribution in [1.29, 1.82) is 0 Å². The molecule has 26 heavy (non-hydrogen) atoms. The second-order valence-electron chi connectivity index (χ2n) is 5.97. The molecule has 4 heteroatoms. The Morgan fingerprint density at radius 2 is 1.04 bits per heavy atom. The number of carbonyl (C=O) groups excluding carboxylic acids is 2. The van der Waals surface area contributed by atoms with E-state index in [2.05, 4.69) is 0 Å². The fraction of sp³-hybridized carbons (Fsp3) is 0.273. The predicted octanol–water partition coefficient (Wildman–Crippen LogP) is 4.31. The van der Waals surface area contributed by atoms with E-state index < -0.39 is 0 Å². The molecule has 2 aromatic rings. The van der Waals surface area contributed by atoms with Gasteiger partial charge in [-0.25, -0.2) is 0 Å². The van der Waals surface area contributed by atoms with Gasteiger partial charge in [0.1, 0.15) is 24.1 Å². The van der Waals surface area contributed by atoms with Gasteiger partial charge in [-0.1, -0.05) is 36.4 Å². The Morgan fingerprint density at radius 3 is 1.31 bits per heavy atom. The third kappa shape index (κ3) is 5.31. The maximum absolute atomic E-state index is 11.4. The molecule has 4 nitrogen and oxygen atoms in total. The first-order valence-electron chi connectivity index (χ1n) is 8.55. The summed E-state index contributed by atoms with van der Waals surface area (Å²) in [6.45, 7) is 0. The number of hydrogen-bond donors (Lipinski definition) is 0. The van der Waals surface area contributed by atoms with Crippen LogP contribution in [0.3, 0.4) is 0 Å². The van der Waals surface area contributed by atoms with Crippen LogP contribution in [0.2, 0.25) is 0 Å². The number of ether oxygens (including phenoxy) is 2. The quantitative estimate of drug-likeness (QED) is 0.472. The molecule has 2 atom stereocenters. The maximum atomic E-state index is 11.4. The van der Waals surface area contributed by atoms with Gasteiger partial charge >= 0.3 is 0 Å². The molecule has 0 spiro atoms. The van der Waals surface area contributed by atoms with Crippen LogP contribution in [0, 0.1) is 0 Å². The number of rotatable bonds is 10. The van der Waals surface area contributed by atoms with E-state index in [1.807, 2.05) is 60.7 Å². The van der Waals surface area contributed by atoms with Gasteiger partial charge in [0, 0.05) is 11.8 Å². The minimum Gasteiger partial charge on any atom is -0.497 e. The van der Waals surface area contributed by atoms with Gasteiger partial charge in [0.15, 0.2) is 0 Å². The van der Waals surface area contributed by atoms with E-state index in [1.165, 1.54) is 0 Å². The smallest absolute Gasteiger partial charge is 0.127 e. The standard InChI is InChI=1S/C22H24O4/c1-25-21-11-7-17(8-12-21)19(15-23)5-3-4-6-20(16-24)18-9-13-22(26-2)14-10-18/h3-4,7-16,19-20H,5-6H2,1-2H3/b4-3+. The number of hydrogen-bond acceptors (Lipinski definition) is 4. The van der Waals surface area contributed by atoms with E-state index in [4.69, 9.17) is 9.47 Å². The molecule has 0 aliphatic heterocycles. The third-order valence-corrected chi connectivity index (χ3v) is 4.36. The molecule has 0 fully saturated rings. The monoisotopic (exact) mass is 352 g/mol. The molecule has 136 valence electrons. The van der Waals surface area contributed by atoms with Crippen LogP contribution >= 0.6 is 0 Å². The average Bonchev–Trinajstić information content (AvgIpc) is 2.71. The average molecular weight is 352 g/mol. The molecule has 0 aromatic heterocycles. The van der Waals surface area contributed by atoms with Crippen molar-refractivity contribution in [3.8, 4) is 11.5 Å². The van der Waals surface area contributed by atoms with Crippen LogP contribution in [0.1, 0.15) is 35.8 Å². The van der Waals surface area contributed by atoms with Gasteiger partial charge in [0.2, 0.25) is 0 Å². The first kappa shape index (κ1) is 19.4. The number of aldehydes is 2. The van der Waals surface area contributed by atoms with E-state index in [1.54, 1.807) is 14.2 Å². The van der Waals surface area contributed by atoms with Crippen molar-refractivity contribution in [2.75, 3.05) is 14.2 Å². The van der Waals surface area contributed by atoms with Crippen molar-refractivity contribution in [2.45, 2.75) is 24.7 Å². The number of benzene rings is 2. The molecule has 0 heterocycles. The van der Waals surface area contributed by atoms with Crippen molar-refractivity contribution in [3.63, 3.8) is 0 Å². The van der Waals surface area contributed by atoms with Crippen LogP contribution in [0.15, 0.2) is 60.7 Å². The van der Waals surface area contributed by atoms with Gasteiger partial charge in [-0.2, -0.15) is 0 Å². The molecule has 2 unspecified atom stereocenters. The highest BCUT2D eigenvalue weighted by molar-refractivity contribution is 5.63. The Hall–Kier alpha value is -2.88. The first-order valence-corrected chi connectivity index (χ1v) is 8.55.